The maximum atomic E-state index is 12.8. The smallest absolute Gasteiger partial charge is 0.276 e. The predicted octanol–water partition coefficient (Wildman–Crippen LogP) is 2.25. The molecule has 7 nitrogen and oxygen atoms in total. The molecule has 0 bridgehead atoms. The Kier molecular flexibility index (Phi) is 4.05. The van der Waals surface area contributed by atoms with Crippen LogP contribution in [0.4, 0.5) is 0 Å². The van der Waals surface area contributed by atoms with Gasteiger partial charge in [0.25, 0.3) is 5.91 Å². The molecule has 0 saturated carbocycles. The summed E-state index contributed by atoms with van der Waals surface area (Å²) in [4.78, 5) is 20.5. The van der Waals surface area contributed by atoms with Crippen LogP contribution in [0.2, 0.25) is 0 Å². The van der Waals surface area contributed by atoms with Crippen LogP contribution in [0.25, 0.3) is 5.69 Å². The topological polar surface area (TPSA) is 68.8 Å². The molecular formula is C18H20N6O. The van der Waals surface area contributed by atoms with Crippen LogP contribution < -0.4 is 0 Å². The first-order chi connectivity index (χ1) is 12.2. The lowest BCUT2D eigenvalue weighted by Crippen LogP contribution is -2.41. The molecule has 2 aromatic heterocycles. The maximum Gasteiger partial charge on any atom is 0.276 e. The van der Waals surface area contributed by atoms with E-state index in [1.807, 2.05) is 54.5 Å². The monoisotopic (exact) mass is 336 g/mol. The number of carbonyl (C=O) groups is 1. The highest BCUT2D eigenvalue weighted by Gasteiger charge is 2.27. The maximum absolute atomic E-state index is 12.8. The molecule has 1 aliphatic rings. The van der Waals surface area contributed by atoms with E-state index in [4.69, 9.17) is 0 Å². The molecular weight excluding hydrogens is 316 g/mol. The number of hydrogen-bond donors (Lipinski definition) is 0. The van der Waals surface area contributed by atoms with Gasteiger partial charge in [0.15, 0.2) is 5.69 Å². The number of aryl methyl sites for hydroxylation is 1. The van der Waals surface area contributed by atoms with Crippen molar-refractivity contribution in [2.45, 2.75) is 25.8 Å². The average molecular weight is 336 g/mol. The second-order valence-electron chi connectivity index (χ2n) is 6.28. The highest BCUT2D eigenvalue weighted by atomic mass is 16.2. The van der Waals surface area contributed by atoms with Crippen LogP contribution in [-0.2, 0) is 0 Å². The second-order valence-corrected chi connectivity index (χ2v) is 6.28. The average Bonchev–Trinajstić information content (AvgIpc) is 3.31. The van der Waals surface area contributed by atoms with E-state index < -0.39 is 0 Å². The summed E-state index contributed by atoms with van der Waals surface area (Å²) in [6.07, 6.45) is 7.36. The number of imidazole rings is 1. The van der Waals surface area contributed by atoms with E-state index in [0.29, 0.717) is 12.2 Å². The molecule has 4 rings (SSSR count). The van der Waals surface area contributed by atoms with E-state index >= 15 is 0 Å². The number of likely N-dealkylation sites (tertiary alicyclic amines) is 1. The molecule has 1 aromatic carbocycles. The van der Waals surface area contributed by atoms with Crippen LogP contribution in [0.3, 0.4) is 0 Å². The number of carbonyl (C=O) groups excluding carboxylic acids is 1. The van der Waals surface area contributed by atoms with E-state index in [-0.39, 0.29) is 11.9 Å². The Bertz CT molecular complexity index is 869. The minimum absolute atomic E-state index is 0.0651. The molecule has 0 radical (unpaired) electrons. The van der Waals surface area contributed by atoms with Crippen LogP contribution >= 0.6 is 0 Å². The summed E-state index contributed by atoms with van der Waals surface area (Å²) in [7, 11) is 0. The summed E-state index contributed by atoms with van der Waals surface area (Å²) in [6.45, 7) is 3.42. The van der Waals surface area contributed by atoms with Gasteiger partial charge >= 0.3 is 0 Å². The fraction of sp³-hybridized carbons (Fsp3) is 0.333. The molecule has 0 aliphatic carbocycles. The standard InChI is InChI=1S/C18H20N6O/c1-14-19-9-11-23(14)16-8-5-10-22(13-16)18(25)17-12-20-24(21-17)15-6-3-2-4-7-15/h2-4,6-7,9,11-12,16H,5,8,10,13H2,1H3/t16-/m1/s1. The van der Waals surface area contributed by atoms with Gasteiger partial charge in [-0.05, 0) is 31.9 Å². The molecule has 7 heteroatoms. The molecule has 3 aromatic rings. The first kappa shape index (κ1) is 15.6. The second kappa shape index (κ2) is 6.51. The van der Waals surface area contributed by atoms with Crippen molar-refractivity contribution in [2.24, 2.45) is 0 Å². The molecule has 25 heavy (non-hydrogen) atoms. The lowest BCUT2D eigenvalue weighted by molar-refractivity contribution is 0.0672. The van der Waals surface area contributed by atoms with E-state index in [2.05, 4.69) is 19.7 Å². The van der Waals surface area contributed by atoms with Gasteiger partial charge in [-0.15, -0.1) is 5.10 Å². The van der Waals surface area contributed by atoms with Gasteiger partial charge in [0.2, 0.25) is 0 Å². The Balaban J connectivity index is 1.51. The molecule has 128 valence electrons. The van der Waals surface area contributed by atoms with E-state index in [0.717, 1.165) is 30.9 Å². The zero-order valence-electron chi connectivity index (χ0n) is 14.1. The van der Waals surface area contributed by atoms with Crippen molar-refractivity contribution in [3.8, 4) is 5.69 Å². The number of para-hydroxylation sites is 1. The summed E-state index contributed by atoms with van der Waals surface area (Å²) in [5.41, 5.74) is 1.22. The molecule has 0 N–H and O–H groups in total. The highest BCUT2D eigenvalue weighted by Crippen LogP contribution is 2.23. The lowest BCUT2D eigenvalue weighted by atomic mass is 10.1. The number of amides is 1. The number of benzene rings is 1. The van der Waals surface area contributed by atoms with Crippen molar-refractivity contribution in [3.05, 3.63) is 60.4 Å². The first-order valence-electron chi connectivity index (χ1n) is 8.49. The fourth-order valence-corrected chi connectivity index (χ4v) is 3.35. The Morgan fingerprint density at radius 1 is 1.24 bits per heavy atom. The number of nitrogens with zero attached hydrogens (tertiary/aromatic N) is 6. The van der Waals surface area contributed by atoms with Crippen LogP contribution in [0.5, 0.6) is 0 Å². The van der Waals surface area contributed by atoms with Gasteiger partial charge in [-0.3, -0.25) is 4.79 Å². The minimum atomic E-state index is -0.0651. The molecule has 0 unspecified atom stereocenters. The molecule has 1 saturated heterocycles. The highest BCUT2D eigenvalue weighted by molar-refractivity contribution is 5.92. The van der Waals surface area contributed by atoms with Crippen LogP contribution in [-0.4, -0.2) is 48.4 Å². The van der Waals surface area contributed by atoms with Crippen LogP contribution in [0.15, 0.2) is 48.9 Å². The van der Waals surface area contributed by atoms with Crippen LogP contribution in [0, 0.1) is 6.92 Å². The summed E-state index contributed by atoms with van der Waals surface area (Å²) in [6, 6.07) is 9.86. The SMILES string of the molecule is Cc1nccn1[C@@H]1CCCN(C(=O)c2cnn(-c3ccccc3)n2)C1. The van der Waals surface area contributed by atoms with Crippen molar-refractivity contribution >= 4 is 5.91 Å². The van der Waals surface area contributed by atoms with Gasteiger partial charge in [-0.25, -0.2) is 4.98 Å². The zero-order chi connectivity index (χ0) is 17.2. The normalized spacial score (nSPS) is 17.6. The number of hydrogen-bond acceptors (Lipinski definition) is 4. The van der Waals surface area contributed by atoms with Crippen molar-refractivity contribution in [3.63, 3.8) is 0 Å². The van der Waals surface area contributed by atoms with E-state index in [1.54, 1.807) is 6.20 Å². The number of rotatable bonds is 3. The van der Waals surface area contributed by atoms with E-state index in [1.165, 1.54) is 4.80 Å². The number of aromatic nitrogens is 5. The van der Waals surface area contributed by atoms with Gasteiger partial charge in [-0.2, -0.15) is 9.90 Å². The molecule has 1 aliphatic heterocycles. The largest absolute Gasteiger partial charge is 0.335 e. The predicted molar refractivity (Wildman–Crippen MR) is 92.5 cm³/mol. The van der Waals surface area contributed by atoms with Gasteiger partial charge in [0.05, 0.1) is 17.9 Å². The third-order valence-electron chi connectivity index (χ3n) is 4.64. The third-order valence-corrected chi connectivity index (χ3v) is 4.64. The molecule has 0 spiro atoms. The zero-order valence-corrected chi connectivity index (χ0v) is 14.1. The van der Waals surface area contributed by atoms with Gasteiger partial charge in [0.1, 0.15) is 5.82 Å². The Hall–Kier alpha value is -2.96. The van der Waals surface area contributed by atoms with Gasteiger partial charge in [-0.1, -0.05) is 18.2 Å². The van der Waals surface area contributed by atoms with Crippen molar-refractivity contribution < 1.29 is 4.79 Å². The lowest BCUT2D eigenvalue weighted by Gasteiger charge is -2.33. The summed E-state index contributed by atoms with van der Waals surface area (Å²) in [5.74, 6) is 0.916. The first-order valence-corrected chi connectivity index (χ1v) is 8.49. The molecule has 3 heterocycles. The summed E-state index contributed by atoms with van der Waals surface area (Å²) in [5, 5.41) is 8.58. The number of piperidine rings is 1. The summed E-state index contributed by atoms with van der Waals surface area (Å²) < 4.78 is 2.15. The Labute approximate surface area is 145 Å². The van der Waals surface area contributed by atoms with Crippen LogP contribution in [0.1, 0.15) is 35.2 Å². The Morgan fingerprint density at radius 3 is 2.84 bits per heavy atom. The Morgan fingerprint density at radius 2 is 2.08 bits per heavy atom. The quantitative estimate of drug-likeness (QED) is 0.736. The van der Waals surface area contributed by atoms with E-state index in [9.17, 15) is 4.79 Å². The summed E-state index contributed by atoms with van der Waals surface area (Å²) >= 11 is 0. The van der Waals surface area contributed by atoms with Crippen molar-refractivity contribution in [1.82, 2.24) is 29.4 Å². The van der Waals surface area contributed by atoms with Crippen molar-refractivity contribution in [1.29, 1.82) is 0 Å². The van der Waals surface area contributed by atoms with Crippen molar-refractivity contribution in [2.75, 3.05) is 13.1 Å². The fourth-order valence-electron chi connectivity index (χ4n) is 3.35. The minimum Gasteiger partial charge on any atom is -0.335 e. The van der Waals surface area contributed by atoms with Gasteiger partial charge in [0, 0.05) is 25.5 Å². The molecule has 1 amide bonds. The third kappa shape index (κ3) is 3.05. The van der Waals surface area contributed by atoms with Gasteiger partial charge < -0.3 is 9.47 Å². The molecule has 1 atom stereocenters. The molecule has 1 fully saturated rings.